The average Bonchev–Trinajstić information content (AvgIpc) is 3.29. The third kappa shape index (κ3) is 4.35. The summed E-state index contributed by atoms with van der Waals surface area (Å²) >= 11 is 1.52. The number of hydrogen-bond acceptors (Lipinski definition) is 5. The van der Waals surface area contributed by atoms with E-state index in [1.165, 1.54) is 11.3 Å². The maximum Gasteiger partial charge on any atom is 0.264 e. The SMILES string of the molecule is COc1ccc(OC)c(CN2CCN(C(=O)c3sccc3-c3ccccc3)CC2)c1. The van der Waals surface area contributed by atoms with E-state index >= 15 is 0 Å². The summed E-state index contributed by atoms with van der Waals surface area (Å²) in [6, 6.07) is 18.0. The molecule has 5 nitrogen and oxygen atoms in total. The summed E-state index contributed by atoms with van der Waals surface area (Å²) in [5.74, 6) is 1.81. The van der Waals surface area contributed by atoms with Gasteiger partial charge in [-0.1, -0.05) is 30.3 Å². The van der Waals surface area contributed by atoms with Crippen LogP contribution in [0.4, 0.5) is 0 Å². The second-order valence-corrected chi connectivity index (χ2v) is 8.19. The van der Waals surface area contributed by atoms with Crippen molar-refractivity contribution in [1.82, 2.24) is 9.80 Å². The molecule has 0 saturated carbocycles. The Morgan fingerprint density at radius 2 is 1.73 bits per heavy atom. The van der Waals surface area contributed by atoms with Crippen molar-refractivity contribution in [3.63, 3.8) is 0 Å². The number of ether oxygens (including phenoxy) is 2. The number of rotatable bonds is 6. The first-order valence-electron chi connectivity index (χ1n) is 10.0. The highest BCUT2D eigenvalue weighted by Gasteiger charge is 2.25. The van der Waals surface area contributed by atoms with E-state index in [9.17, 15) is 4.79 Å². The third-order valence-corrected chi connectivity index (χ3v) is 6.39. The Kier molecular flexibility index (Phi) is 6.35. The Morgan fingerprint density at radius 3 is 2.43 bits per heavy atom. The van der Waals surface area contributed by atoms with E-state index in [0.29, 0.717) is 0 Å². The molecule has 0 bridgehead atoms. The second kappa shape index (κ2) is 9.32. The molecule has 1 aliphatic heterocycles. The van der Waals surface area contributed by atoms with Gasteiger partial charge in [0.15, 0.2) is 0 Å². The normalized spacial score (nSPS) is 14.5. The first-order chi connectivity index (χ1) is 14.7. The van der Waals surface area contributed by atoms with Crippen LogP contribution in [-0.2, 0) is 6.54 Å². The molecule has 3 aromatic rings. The van der Waals surface area contributed by atoms with Gasteiger partial charge in [-0.15, -0.1) is 11.3 Å². The molecule has 6 heteroatoms. The van der Waals surface area contributed by atoms with E-state index < -0.39 is 0 Å². The Labute approximate surface area is 181 Å². The number of nitrogens with zero attached hydrogens (tertiary/aromatic N) is 2. The molecular formula is C24H26N2O3S. The molecule has 0 radical (unpaired) electrons. The molecule has 0 aliphatic carbocycles. The molecule has 0 atom stereocenters. The van der Waals surface area contributed by atoms with E-state index in [1.54, 1.807) is 14.2 Å². The van der Waals surface area contributed by atoms with E-state index in [-0.39, 0.29) is 5.91 Å². The summed E-state index contributed by atoms with van der Waals surface area (Å²) < 4.78 is 10.9. The van der Waals surface area contributed by atoms with Gasteiger partial charge in [0.25, 0.3) is 5.91 Å². The predicted molar refractivity (Wildman–Crippen MR) is 120 cm³/mol. The largest absolute Gasteiger partial charge is 0.497 e. The van der Waals surface area contributed by atoms with Crippen molar-refractivity contribution >= 4 is 17.2 Å². The molecule has 0 unspecified atom stereocenters. The van der Waals surface area contributed by atoms with Crippen LogP contribution in [0.5, 0.6) is 11.5 Å². The van der Waals surface area contributed by atoms with Crippen molar-refractivity contribution in [1.29, 1.82) is 0 Å². The highest BCUT2D eigenvalue weighted by molar-refractivity contribution is 7.12. The van der Waals surface area contributed by atoms with Crippen molar-refractivity contribution in [2.24, 2.45) is 0 Å². The van der Waals surface area contributed by atoms with E-state index in [2.05, 4.69) is 17.0 Å². The van der Waals surface area contributed by atoms with Gasteiger partial charge in [0.2, 0.25) is 0 Å². The molecule has 0 N–H and O–H groups in total. The average molecular weight is 423 g/mol. The zero-order valence-corrected chi connectivity index (χ0v) is 18.2. The fraction of sp³-hybridized carbons (Fsp3) is 0.292. The lowest BCUT2D eigenvalue weighted by Crippen LogP contribution is -2.48. The summed E-state index contributed by atoms with van der Waals surface area (Å²) in [7, 11) is 3.36. The second-order valence-electron chi connectivity index (χ2n) is 7.28. The van der Waals surface area contributed by atoms with Gasteiger partial charge in [-0.3, -0.25) is 9.69 Å². The molecule has 156 valence electrons. The lowest BCUT2D eigenvalue weighted by molar-refractivity contribution is 0.0633. The van der Waals surface area contributed by atoms with E-state index in [1.807, 2.05) is 52.7 Å². The van der Waals surface area contributed by atoms with Crippen LogP contribution in [0, 0.1) is 0 Å². The number of hydrogen-bond donors (Lipinski definition) is 0. The molecule has 1 saturated heterocycles. The lowest BCUT2D eigenvalue weighted by Gasteiger charge is -2.35. The molecule has 2 heterocycles. The van der Waals surface area contributed by atoms with Crippen LogP contribution in [-0.4, -0.2) is 56.1 Å². The minimum atomic E-state index is 0.127. The topological polar surface area (TPSA) is 42.0 Å². The molecule has 1 amide bonds. The van der Waals surface area contributed by atoms with E-state index in [0.717, 1.165) is 65.8 Å². The first kappa shape index (κ1) is 20.4. The zero-order valence-electron chi connectivity index (χ0n) is 17.3. The summed E-state index contributed by atoms with van der Waals surface area (Å²) in [6.45, 7) is 3.88. The minimum Gasteiger partial charge on any atom is -0.497 e. The Balaban J connectivity index is 1.41. The van der Waals surface area contributed by atoms with Crippen LogP contribution in [0.2, 0.25) is 0 Å². The van der Waals surface area contributed by atoms with Gasteiger partial charge in [0.1, 0.15) is 11.5 Å². The number of piperazine rings is 1. The maximum absolute atomic E-state index is 13.2. The lowest BCUT2D eigenvalue weighted by atomic mass is 10.1. The van der Waals surface area contributed by atoms with Crippen LogP contribution in [0.15, 0.2) is 60.0 Å². The van der Waals surface area contributed by atoms with Crippen molar-refractivity contribution in [2.75, 3.05) is 40.4 Å². The van der Waals surface area contributed by atoms with Crippen molar-refractivity contribution in [3.05, 3.63) is 70.4 Å². The third-order valence-electron chi connectivity index (χ3n) is 5.49. The predicted octanol–water partition coefficient (Wildman–Crippen LogP) is 4.39. The highest BCUT2D eigenvalue weighted by atomic mass is 32.1. The summed E-state index contributed by atoms with van der Waals surface area (Å²) in [5, 5.41) is 2.00. The van der Waals surface area contributed by atoms with Crippen LogP contribution < -0.4 is 9.47 Å². The van der Waals surface area contributed by atoms with Crippen LogP contribution >= 0.6 is 11.3 Å². The molecule has 1 fully saturated rings. The molecule has 1 aliphatic rings. The maximum atomic E-state index is 13.2. The standard InChI is InChI=1S/C24H26N2O3S/c1-28-20-8-9-22(29-2)19(16-20)17-25-11-13-26(14-12-25)24(27)23-21(10-15-30-23)18-6-4-3-5-7-18/h3-10,15-16H,11-14,17H2,1-2H3. The number of methoxy groups -OCH3 is 2. The molecule has 30 heavy (non-hydrogen) atoms. The van der Waals surface area contributed by atoms with Gasteiger partial charge in [0, 0.05) is 43.9 Å². The van der Waals surface area contributed by atoms with Crippen LogP contribution in [0.25, 0.3) is 11.1 Å². The molecule has 2 aromatic carbocycles. The van der Waals surface area contributed by atoms with Crippen molar-refractivity contribution in [2.45, 2.75) is 6.54 Å². The molecule has 1 aromatic heterocycles. The summed E-state index contributed by atoms with van der Waals surface area (Å²) in [4.78, 5) is 18.3. The Hall–Kier alpha value is -2.83. The molecular weight excluding hydrogens is 396 g/mol. The van der Waals surface area contributed by atoms with Crippen molar-refractivity contribution < 1.29 is 14.3 Å². The monoisotopic (exact) mass is 422 g/mol. The van der Waals surface area contributed by atoms with Gasteiger partial charge >= 0.3 is 0 Å². The number of carbonyl (C=O) groups is 1. The van der Waals surface area contributed by atoms with Gasteiger partial charge in [-0.2, -0.15) is 0 Å². The molecule has 4 rings (SSSR count). The molecule has 0 spiro atoms. The number of amides is 1. The van der Waals surface area contributed by atoms with Gasteiger partial charge in [-0.25, -0.2) is 0 Å². The van der Waals surface area contributed by atoms with Gasteiger partial charge < -0.3 is 14.4 Å². The van der Waals surface area contributed by atoms with Crippen molar-refractivity contribution in [3.8, 4) is 22.6 Å². The first-order valence-corrected chi connectivity index (χ1v) is 10.9. The minimum absolute atomic E-state index is 0.127. The number of carbonyl (C=O) groups excluding carboxylic acids is 1. The van der Waals surface area contributed by atoms with Gasteiger partial charge in [0.05, 0.1) is 19.1 Å². The fourth-order valence-corrected chi connectivity index (χ4v) is 4.70. The summed E-state index contributed by atoms with van der Waals surface area (Å²) in [5.41, 5.74) is 3.21. The van der Waals surface area contributed by atoms with Crippen LogP contribution in [0.3, 0.4) is 0 Å². The van der Waals surface area contributed by atoms with Gasteiger partial charge in [-0.05, 0) is 35.2 Å². The Morgan fingerprint density at radius 1 is 0.967 bits per heavy atom. The number of thiophene rings is 1. The fourth-order valence-electron chi connectivity index (χ4n) is 3.82. The smallest absolute Gasteiger partial charge is 0.264 e. The quantitative estimate of drug-likeness (QED) is 0.591. The Bertz CT molecular complexity index is 995. The van der Waals surface area contributed by atoms with Crippen LogP contribution in [0.1, 0.15) is 15.2 Å². The summed E-state index contributed by atoms with van der Waals surface area (Å²) in [6.07, 6.45) is 0. The zero-order chi connectivity index (χ0) is 20.9. The van der Waals surface area contributed by atoms with E-state index in [4.69, 9.17) is 9.47 Å². The highest BCUT2D eigenvalue weighted by Crippen LogP contribution is 2.30. The number of benzene rings is 2.